The number of hydrogen-bond donors (Lipinski definition) is 2. The van der Waals surface area contributed by atoms with Crippen molar-refractivity contribution in [1.82, 2.24) is 25.3 Å². The summed E-state index contributed by atoms with van der Waals surface area (Å²) in [5.41, 5.74) is 0.126. The molecule has 0 saturated carbocycles. The molecule has 0 aliphatic heterocycles. The zero-order valence-electron chi connectivity index (χ0n) is 12.3. The van der Waals surface area contributed by atoms with E-state index < -0.39 is 5.91 Å². The van der Waals surface area contributed by atoms with Crippen LogP contribution in [0.5, 0.6) is 17.6 Å². The summed E-state index contributed by atoms with van der Waals surface area (Å²) < 4.78 is 5.43. The molecular formula is C12H12N6O4Y. The van der Waals surface area contributed by atoms with Crippen molar-refractivity contribution in [2.24, 2.45) is 5.16 Å². The fourth-order valence-electron chi connectivity index (χ4n) is 1.47. The van der Waals surface area contributed by atoms with E-state index in [2.05, 4.69) is 35.2 Å². The van der Waals surface area contributed by atoms with Crippen LogP contribution in [0.2, 0.25) is 0 Å². The van der Waals surface area contributed by atoms with Gasteiger partial charge in [0.25, 0.3) is 5.91 Å². The van der Waals surface area contributed by atoms with E-state index in [-0.39, 0.29) is 61.6 Å². The molecule has 2 heterocycles. The molecule has 0 spiro atoms. The molecule has 0 fully saturated rings. The maximum absolute atomic E-state index is 11.9. The minimum atomic E-state index is -0.507. The first-order valence-electron chi connectivity index (χ1n) is 5.98. The average molecular weight is 393 g/mol. The SMILES string of the molecule is CNC(=O)/C(=N/OC)c1cncnc1Oc1cc(O)ncn1.[Y]. The Morgan fingerprint density at radius 3 is 2.74 bits per heavy atom. The molecule has 0 aliphatic carbocycles. The number of amides is 1. The zero-order chi connectivity index (χ0) is 15.9. The van der Waals surface area contributed by atoms with E-state index in [1.54, 1.807) is 0 Å². The van der Waals surface area contributed by atoms with Crippen LogP contribution in [0, 0.1) is 0 Å². The molecule has 1 amide bonds. The normalized spacial score (nSPS) is 10.4. The van der Waals surface area contributed by atoms with Crippen molar-refractivity contribution < 1.29 is 52.2 Å². The van der Waals surface area contributed by atoms with Crippen LogP contribution in [0.4, 0.5) is 0 Å². The minimum absolute atomic E-state index is 0. The van der Waals surface area contributed by atoms with Crippen LogP contribution >= 0.6 is 0 Å². The standard InChI is InChI=1S/C12H12N6O4.Y/c1-13-11(20)10(18-21-2)7-4-14-5-17-12(7)22-9-3-8(19)15-6-16-9;/h3-6H,1-2H3,(H,13,20)(H,15,16,19);/b18-10+;. The van der Waals surface area contributed by atoms with Crippen LogP contribution in [0.3, 0.4) is 0 Å². The van der Waals surface area contributed by atoms with Crippen LogP contribution < -0.4 is 10.1 Å². The largest absolute Gasteiger partial charge is 0.493 e. The summed E-state index contributed by atoms with van der Waals surface area (Å²) in [6.07, 6.45) is 3.69. The van der Waals surface area contributed by atoms with Gasteiger partial charge in [0, 0.05) is 46.0 Å². The van der Waals surface area contributed by atoms with Crippen molar-refractivity contribution >= 4 is 11.6 Å². The second kappa shape index (κ2) is 9.06. The Kier molecular flexibility index (Phi) is 7.42. The Morgan fingerprint density at radius 1 is 1.30 bits per heavy atom. The van der Waals surface area contributed by atoms with Crippen molar-refractivity contribution in [3.05, 3.63) is 30.5 Å². The number of aromatic nitrogens is 4. The van der Waals surface area contributed by atoms with Crippen LogP contribution in [-0.4, -0.2) is 50.8 Å². The Balaban J connectivity index is 0.00000264. The van der Waals surface area contributed by atoms with Crippen LogP contribution in [0.25, 0.3) is 0 Å². The number of oxime groups is 1. The van der Waals surface area contributed by atoms with Crippen molar-refractivity contribution in [3.8, 4) is 17.6 Å². The molecule has 23 heavy (non-hydrogen) atoms. The van der Waals surface area contributed by atoms with Crippen molar-refractivity contribution in [1.29, 1.82) is 0 Å². The van der Waals surface area contributed by atoms with Crippen molar-refractivity contribution in [2.75, 3.05) is 14.2 Å². The van der Waals surface area contributed by atoms with E-state index in [9.17, 15) is 9.90 Å². The van der Waals surface area contributed by atoms with E-state index >= 15 is 0 Å². The predicted octanol–water partition coefficient (Wildman–Crippen LogP) is -0.142. The van der Waals surface area contributed by atoms with Gasteiger partial charge in [0.15, 0.2) is 5.71 Å². The topological polar surface area (TPSA) is 132 Å². The van der Waals surface area contributed by atoms with Gasteiger partial charge in [0.2, 0.25) is 17.6 Å². The second-order valence-corrected chi connectivity index (χ2v) is 3.76. The van der Waals surface area contributed by atoms with Gasteiger partial charge in [-0.2, -0.15) is 0 Å². The van der Waals surface area contributed by atoms with E-state index in [1.807, 2.05) is 0 Å². The van der Waals surface area contributed by atoms with Gasteiger partial charge in [0.05, 0.1) is 11.6 Å². The number of hydrogen-bond acceptors (Lipinski definition) is 9. The zero-order valence-corrected chi connectivity index (χ0v) is 15.1. The number of ether oxygens (including phenoxy) is 1. The predicted molar refractivity (Wildman–Crippen MR) is 73.4 cm³/mol. The van der Waals surface area contributed by atoms with Crippen LogP contribution in [0.1, 0.15) is 5.56 Å². The molecule has 0 aliphatic rings. The third kappa shape index (κ3) is 4.90. The molecule has 11 heteroatoms. The van der Waals surface area contributed by atoms with Gasteiger partial charge in [-0.3, -0.25) is 4.79 Å². The Morgan fingerprint density at radius 2 is 2.09 bits per heavy atom. The van der Waals surface area contributed by atoms with Gasteiger partial charge < -0.3 is 20.0 Å². The molecule has 0 saturated heterocycles. The molecule has 10 nitrogen and oxygen atoms in total. The molecule has 0 aromatic carbocycles. The number of carbonyl (C=O) groups excluding carboxylic acids is 1. The van der Waals surface area contributed by atoms with Crippen molar-refractivity contribution in [3.63, 3.8) is 0 Å². The average Bonchev–Trinajstić information content (AvgIpc) is 2.53. The van der Waals surface area contributed by atoms with Gasteiger partial charge >= 0.3 is 0 Å². The van der Waals surface area contributed by atoms with E-state index in [4.69, 9.17) is 4.74 Å². The fourth-order valence-corrected chi connectivity index (χ4v) is 1.47. The molecule has 2 N–H and O–H groups in total. The van der Waals surface area contributed by atoms with E-state index in [0.717, 1.165) is 6.33 Å². The van der Waals surface area contributed by atoms with Crippen molar-refractivity contribution in [2.45, 2.75) is 0 Å². The number of rotatable bonds is 5. The summed E-state index contributed by atoms with van der Waals surface area (Å²) in [5, 5.41) is 15.4. The Labute approximate surface area is 156 Å². The van der Waals surface area contributed by atoms with E-state index in [1.165, 1.54) is 32.7 Å². The van der Waals surface area contributed by atoms with Gasteiger partial charge in [-0.15, -0.1) is 0 Å². The first kappa shape index (κ1) is 18.9. The molecule has 2 aromatic heterocycles. The summed E-state index contributed by atoms with van der Waals surface area (Å²) in [4.78, 5) is 31.6. The number of nitrogens with zero attached hydrogens (tertiary/aromatic N) is 5. The molecule has 0 unspecified atom stereocenters. The molecule has 0 bridgehead atoms. The quantitative estimate of drug-likeness (QED) is 0.530. The molecule has 2 aromatic rings. The van der Waals surface area contributed by atoms with Gasteiger partial charge in [-0.25, -0.2) is 19.9 Å². The smallest absolute Gasteiger partial charge is 0.273 e. The van der Waals surface area contributed by atoms with E-state index in [0.29, 0.717) is 0 Å². The minimum Gasteiger partial charge on any atom is -0.493 e. The molecular weight excluding hydrogens is 381 g/mol. The monoisotopic (exact) mass is 393 g/mol. The first-order chi connectivity index (χ1) is 10.7. The number of aromatic hydroxyl groups is 1. The first-order valence-corrected chi connectivity index (χ1v) is 5.98. The van der Waals surface area contributed by atoms with Crippen LogP contribution in [0.15, 0.2) is 30.1 Å². The molecule has 1 radical (unpaired) electrons. The maximum atomic E-state index is 11.9. The number of nitrogens with one attached hydrogen (secondary N) is 1. The summed E-state index contributed by atoms with van der Waals surface area (Å²) in [6.45, 7) is 0. The Bertz CT molecular complexity index is 711. The summed E-state index contributed by atoms with van der Waals surface area (Å²) in [7, 11) is 2.75. The summed E-state index contributed by atoms with van der Waals surface area (Å²) in [6, 6.07) is 1.19. The van der Waals surface area contributed by atoms with Crippen LogP contribution in [-0.2, 0) is 42.3 Å². The fraction of sp³-hybridized carbons (Fsp3) is 0.167. The number of carbonyl (C=O) groups is 1. The third-order valence-corrected chi connectivity index (χ3v) is 2.38. The molecule has 0 atom stereocenters. The second-order valence-electron chi connectivity index (χ2n) is 3.76. The maximum Gasteiger partial charge on any atom is 0.273 e. The molecule has 2 rings (SSSR count). The summed E-state index contributed by atoms with van der Waals surface area (Å²) >= 11 is 0. The molecule has 117 valence electrons. The summed E-state index contributed by atoms with van der Waals surface area (Å²) in [5.74, 6) is -0.710. The van der Waals surface area contributed by atoms with Gasteiger partial charge in [-0.1, -0.05) is 5.16 Å². The Hall–Kier alpha value is -2.20. The van der Waals surface area contributed by atoms with Gasteiger partial charge in [0.1, 0.15) is 19.8 Å². The third-order valence-electron chi connectivity index (χ3n) is 2.38. The van der Waals surface area contributed by atoms with Gasteiger partial charge in [-0.05, 0) is 0 Å². The number of likely N-dealkylation sites (N-methyl/N-ethyl adjacent to an activating group) is 1.